The quantitative estimate of drug-likeness (QED) is 0.905. The standard InChI is InChI=1S/C14H20N6O2/c1-4-12-16-17-13-8-19(5-6-20(12)13)10(3)14(21)15-11-7-9(2)22-18-11/h7,10H,4-6,8H2,1-3H3,(H,15,18,21)/t10-/m1/s1. The highest BCUT2D eigenvalue weighted by molar-refractivity contribution is 5.93. The molecule has 0 saturated carbocycles. The van der Waals surface area contributed by atoms with Crippen LogP contribution in [-0.4, -0.2) is 43.3 Å². The predicted molar refractivity (Wildman–Crippen MR) is 79.1 cm³/mol. The molecule has 1 aliphatic heterocycles. The molecule has 0 bridgehead atoms. The Morgan fingerprint density at radius 3 is 2.95 bits per heavy atom. The molecular weight excluding hydrogens is 284 g/mol. The maximum Gasteiger partial charge on any atom is 0.242 e. The van der Waals surface area contributed by atoms with Crippen LogP contribution in [0.15, 0.2) is 10.6 Å². The lowest BCUT2D eigenvalue weighted by molar-refractivity contribution is -0.121. The van der Waals surface area contributed by atoms with Gasteiger partial charge in [0.15, 0.2) is 5.82 Å². The molecule has 1 atom stereocenters. The average Bonchev–Trinajstić information content (AvgIpc) is 3.11. The number of nitrogens with one attached hydrogen (secondary N) is 1. The van der Waals surface area contributed by atoms with Gasteiger partial charge in [0, 0.05) is 25.6 Å². The fourth-order valence-corrected chi connectivity index (χ4v) is 2.65. The Morgan fingerprint density at radius 2 is 2.27 bits per heavy atom. The van der Waals surface area contributed by atoms with Gasteiger partial charge in [-0.1, -0.05) is 12.1 Å². The van der Waals surface area contributed by atoms with Gasteiger partial charge in [-0.2, -0.15) is 0 Å². The number of anilines is 1. The molecule has 0 radical (unpaired) electrons. The normalized spacial score (nSPS) is 16.3. The molecule has 0 aromatic carbocycles. The molecule has 0 fully saturated rings. The van der Waals surface area contributed by atoms with Crippen molar-refractivity contribution in [3.63, 3.8) is 0 Å². The third-order valence-corrected chi connectivity index (χ3v) is 3.98. The van der Waals surface area contributed by atoms with E-state index in [2.05, 4.69) is 37.1 Å². The molecule has 0 saturated heterocycles. The van der Waals surface area contributed by atoms with Crippen molar-refractivity contribution in [1.82, 2.24) is 24.8 Å². The first-order valence-electron chi connectivity index (χ1n) is 7.47. The van der Waals surface area contributed by atoms with E-state index in [-0.39, 0.29) is 11.9 Å². The molecular formula is C14H20N6O2. The van der Waals surface area contributed by atoms with E-state index >= 15 is 0 Å². The summed E-state index contributed by atoms with van der Waals surface area (Å²) in [5, 5.41) is 15.0. The Kier molecular flexibility index (Phi) is 3.93. The largest absolute Gasteiger partial charge is 0.360 e. The second-order valence-electron chi connectivity index (χ2n) is 5.50. The summed E-state index contributed by atoms with van der Waals surface area (Å²) >= 11 is 0. The van der Waals surface area contributed by atoms with Crippen LogP contribution in [0.5, 0.6) is 0 Å². The number of aromatic nitrogens is 4. The van der Waals surface area contributed by atoms with E-state index in [0.717, 1.165) is 31.2 Å². The molecule has 0 unspecified atom stereocenters. The summed E-state index contributed by atoms with van der Waals surface area (Å²) in [4.78, 5) is 14.4. The van der Waals surface area contributed by atoms with Crippen LogP contribution in [0.4, 0.5) is 5.82 Å². The highest BCUT2D eigenvalue weighted by Crippen LogP contribution is 2.16. The Balaban J connectivity index is 1.65. The highest BCUT2D eigenvalue weighted by atomic mass is 16.5. The van der Waals surface area contributed by atoms with E-state index in [0.29, 0.717) is 18.1 Å². The van der Waals surface area contributed by atoms with Gasteiger partial charge in [0.25, 0.3) is 0 Å². The SMILES string of the molecule is CCc1nnc2n1CCN([C@H](C)C(=O)Nc1cc(C)on1)C2. The molecule has 1 aliphatic rings. The molecule has 118 valence electrons. The lowest BCUT2D eigenvalue weighted by Crippen LogP contribution is -2.46. The van der Waals surface area contributed by atoms with Crippen LogP contribution in [-0.2, 0) is 24.3 Å². The topological polar surface area (TPSA) is 89.1 Å². The summed E-state index contributed by atoms with van der Waals surface area (Å²) < 4.78 is 7.09. The number of hydrogen-bond donors (Lipinski definition) is 1. The summed E-state index contributed by atoms with van der Waals surface area (Å²) in [6.07, 6.45) is 0.870. The zero-order chi connectivity index (χ0) is 15.7. The van der Waals surface area contributed by atoms with Gasteiger partial charge in [-0.3, -0.25) is 9.69 Å². The van der Waals surface area contributed by atoms with E-state index in [1.165, 1.54) is 0 Å². The van der Waals surface area contributed by atoms with Crippen molar-refractivity contribution in [2.45, 2.75) is 46.3 Å². The van der Waals surface area contributed by atoms with Gasteiger partial charge in [-0.05, 0) is 13.8 Å². The second kappa shape index (κ2) is 5.88. The molecule has 1 amide bonds. The average molecular weight is 304 g/mol. The zero-order valence-corrected chi connectivity index (χ0v) is 13.0. The number of aryl methyl sites for hydroxylation is 2. The Bertz CT molecular complexity index is 677. The predicted octanol–water partition coefficient (Wildman–Crippen LogP) is 0.980. The molecule has 3 rings (SSSR count). The van der Waals surface area contributed by atoms with E-state index in [1.54, 1.807) is 13.0 Å². The van der Waals surface area contributed by atoms with E-state index in [4.69, 9.17) is 4.52 Å². The van der Waals surface area contributed by atoms with Crippen LogP contribution in [0.2, 0.25) is 0 Å². The fourth-order valence-electron chi connectivity index (χ4n) is 2.65. The first-order chi connectivity index (χ1) is 10.6. The third-order valence-electron chi connectivity index (χ3n) is 3.98. The van der Waals surface area contributed by atoms with Gasteiger partial charge in [-0.25, -0.2) is 0 Å². The summed E-state index contributed by atoms with van der Waals surface area (Å²) in [6.45, 7) is 7.97. The van der Waals surface area contributed by atoms with Crippen molar-refractivity contribution in [3.05, 3.63) is 23.5 Å². The summed E-state index contributed by atoms with van der Waals surface area (Å²) in [6, 6.07) is 1.43. The van der Waals surface area contributed by atoms with E-state index in [1.807, 2.05) is 6.92 Å². The first kappa shape index (κ1) is 14.7. The summed E-state index contributed by atoms with van der Waals surface area (Å²) in [5.41, 5.74) is 0. The van der Waals surface area contributed by atoms with E-state index < -0.39 is 0 Å². The summed E-state index contributed by atoms with van der Waals surface area (Å²) in [5.74, 6) is 2.94. The van der Waals surface area contributed by atoms with Crippen LogP contribution in [0.1, 0.15) is 31.3 Å². The monoisotopic (exact) mass is 304 g/mol. The summed E-state index contributed by atoms with van der Waals surface area (Å²) in [7, 11) is 0. The van der Waals surface area contributed by atoms with Crippen molar-refractivity contribution in [2.75, 3.05) is 11.9 Å². The van der Waals surface area contributed by atoms with Crippen molar-refractivity contribution in [2.24, 2.45) is 0 Å². The molecule has 1 N–H and O–H groups in total. The van der Waals surface area contributed by atoms with Crippen LogP contribution >= 0.6 is 0 Å². The van der Waals surface area contributed by atoms with Crippen molar-refractivity contribution < 1.29 is 9.32 Å². The lowest BCUT2D eigenvalue weighted by Gasteiger charge is -2.31. The zero-order valence-electron chi connectivity index (χ0n) is 13.0. The van der Waals surface area contributed by atoms with Crippen LogP contribution in [0, 0.1) is 6.92 Å². The van der Waals surface area contributed by atoms with Gasteiger partial charge in [0.05, 0.1) is 12.6 Å². The molecule has 8 heteroatoms. The second-order valence-corrected chi connectivity index (χ2v) is 5.50. The maximum atomic E-state index is 12.3. The van der Waals surface area contributed by atoms with E-state index in [9.17, 15) is 4.79 Å². The number of nitrogens with zero attached hydrogens (tertiary/aromatic N) is 5. The fraction of sp³-hybridized carbons (Fsp3) is 0.571. The molecule has 0 spiro atoms. The molecule has 8 nitrogen and oxygen atoms in total. The molecule has 2 aromatic heterocycles. The van der Waals surface area contributed by atoms with Gasteiger partial charge in [0.1, 0.15) is 17.4 Å². The minimum Gasteiger partial charge on any atom is -0.360 e. The van der Waals surface area contributed by atoms with Gasteiger partial charge in [0.2, 0.25) is 5.91 Å². The first-order valence-corrected chi connectivity index (χ1v) is 7.47. The number of fused-ring (bicyclic) bond motifs is 1. The Hall–Kier alpha value is -2.22. The minimum absolute atomic E-state index is 0.100. The molecule has 3 heterocycles. The Morgan fingerprint density at radius 1 is 1.45 bits per heavy atom. The number of carbonyl (C=O) groups is 1. The Labute approximate surface area is 128 Å². The van der Waals surface area contributed by atoms with Crippen molar-refractivity contribution in [3.8, 4) is 0 Å². The van der Waals surface area contributed by atoms with Crippen molar-refractivity contribution in [1.29, 1.82) is 0 Å². The van der Waals surface area contributed by atoms with Crippen molar-refractivity contribution >= 4 is 11.7 Å². The number of carbonyl (C=O) groups excluding carboxylic acids is 1. The van der Waals surface area contributed by atoms with Gasteiger partial charge >= 0.3 is 0 Å². The highest BCUT2D eigenvalue weighted by Gasteiger charge is 2.28. The molecule has 0 aliphatic carbocycles. The van der Waals surface area contributed by atoms with Crippen LogP contribution in [0.3, 0.4) is 0 Å². The smallest absolute Gasteiger partial charge is 0.242 e. The minimum atomic E-state index is -0.271. The maximum absolute atomic E-state index is 12.3. The van der Waals surface area contributed by atoms with Crippen LogP contribution in [0.25, 0.3) is 0 Å². The van der Waals surface area contributed by atoms with Gasteiger partial charge < -0.3 is 14.4 Å². The molecule has 2 aromatic rings. The third kappa shape index (κ3) is 2.74. The number of hydrogen-bond acceptors (Lipinski definition) is 6. The number of rotatable bonds is 4. The van der Waals surface area contributed by atoms with Gasteiger partial charge in [-0.15, -0.1) is 10.2 Å². The number of amides is 1. The molecule has 22 heavy (non-hydrogen) atoms. The lowest BCUT2D eigenvalue weighted by atomic mass is 10.2. The van der Waals surface area contributed by atoms with Crippen LogP contribution < -0.4 is 5.32 Å².